The molecule has 17 heteroatoms. The standard InChI is InChI=1S/C16H15ClN8O4S3.Na.H/c1-24-16(21-22-23-24)32-4-6-3-30-13-9(12(27)25(13)10(6)14(28)29)20-11(26)7(2-17)8-5-31-15(18)19-8;;/h2,5,9,13H,3-4H2,1H3,(H2,18,19)(H,20,26)(H,28,29);;/b7-2+;;/t9?,13-;;/m1../s1. The number of anilines is 1. The number of nitrogens with zero attached hydrogens (tertiary/aromatic N) is 6. The van der Waals surface area contributed by atoms with E-state index in [4.69, 9.17) is 17.3 Å². The van der Waals surface area contributed by atoms with Gasteiger partial charge in [-0.3, -0.25) is 14.5 Å². The monoisotopic (exact) mass is 538 g/mol. The molecular formula is C16H16ClN8NaO4S3. The Hall–Kier alpha value is -1.62. The summed E-state index contributed by atoms with van der Waals surface area (Å²) in [6.07, 6.45) is 0. The number of β-lactam (4-membered cyclic amide) rings is 1. The van der Waals surface area contributed by atoms with E-state index in [1.54, 1.807) is 12.4 Å². The molecule has 0 saturated carbocycles. The number of aromatic nitrogens is 5. The van der Waals surface area contributed by atoms with E-state index in [0.717, 1.165) is 16.9 Å². The third-order valence-electron chi connectivity index (χ3n) is 4.64. The van der Waals surface area contributed by atoms with E-state index in [2.05, 4.69) is 25.8 Å². The van der Waals surface area contributed by atoms with Crippen LogP contribution < -0.4 is 11.1 Å². The molecule has 1 saturated heterocycles. The second-order valence-electron chi connectivity index (χ2n) is 6.59. The van der Waals surface area contributed by atoms with Crippen molar-refractivity contribution in [3.05, 3.63) is 27.9 Å². The average molecular weight is 539 g/mol. The number of fused-ring (bicyclic) bond motifs is 1. The summed E-state index contributed by atoms with van der Waals surface area (Å²) in [5.41, 5.74) is 7.53. The Morgan fingerprint density at radius 1 is 1.48 bits per heavy atom. The number of nitrogens with two attached hydrogens (primary N) is 1. The molecule has 0 radical (unpaired) electrons. The summed E-state index contributed by atoms with van der Waals surface area (Å²) >= 11 is 9.59. The molecule has 12 nitrogen and oxygen atoms in total. The minimum atomic E-state index is -1.21. The molecule has 2 aromatic heterocycles. The second-order valence-corrected chi connectivity index (χ2v) is 9.74. The summed E-state index contributed by atoms with van der Waals surface area (Å²) in [5, 5.41) is 25.4. The number of rotatable bonds is 7. The normalized spacial score (nSPS) is 20.1. The van der Waals surface area contributed by atoms with Gasteiger partial charge in [0, 0.05) is 29.5 Å². The predicted octanol–water partition coefficient (Wildman–Crippen LogP) is -0.289. The number of tetrazole rings is 1. The van der Waals surface area contributed by atoms with Crippen molar-refractivity contribution in [3.8, 4) is 0 Å². The number of hydrogen-bond acceptors (Lipinski definition) is 11. The molecule has 4 N–H and O–H groups in total. The number of carboxylic acids is 1. The first-order valence-corrected chi connectivity index (χ1v) is 12.2. The second kappa shape index (κ2) is 10.8. The van der Waals surface area contributed by atoms with Gasteiger partial charge in [0.1, 0.15) is 17.1 Å². The van der Waals surface area contributed by atoms with Crippen LogP contribution in [0.15, 0.2) is 27.3 Å². The summed E-state index contributed by atoms with van der Waals surface area (Å²) < 4.78 is 1.47. The van der Waals surface area contributed by atoms with Gasteiger partial charge >= 0.3 is 35.5 Å². The third-order valence-corrected chi connectivity index (χ3v) is 7.97. The molecule has 2 amide bonds. The maximum absolute atomic E-state index is 12.8. The number of carbonyl (C=O) groups is 3. The number of nitrogen functional groups attached to an aromatic ring is 1. The molecule has 0 spiro atoms. The Balaban J connectivity index is 0.00000306. The molecule has 0 bridgehead atoms. The predicted molar refractivity (Wildman–Crippen MR) is 127 cm³/mol. The van der Waals surface area contributed by atoms with Crippen LogP contribution in [0.2, 0.25) is 0 Å². The first-order valence-electron chi connectivity index (χ1n) is 8.89. The first-order chi connectivity index (χ1) is 15.3. The average Bonchev–Trinajstić information content (AvgIpc) is 3.37. The fraction of sp³-hybridized carbons (Fsp3) is 0.312. The summed E-state index contributed by atoms with van der Waals surface area (Å²) in [4.78, 5) is 42.7. The Morgan fingerprint density at radius 2 is 2.24 bits per heavy atom. The van der Waals surface area contributed by atoms with E-state index >= 15 is 0 Å². The SMILES string of the molecule is Cn1nnnc1SCC1=C(C(=O)O)N2C(=O)C(NC(=O)/C(=C/Cl)c3csc(N)n3)[C@H]2SC1.[NaH]. The van der Waals surface area contributed by atoms with E-state index in [9.17, 15) is 19.5 Å². The summed E-state index contributed by atoms with van der Waals surface area (Å²) in [6, 6.07) is -0.887. The number of aliphatic carboxylic acids is 1. The molecule has 0 aromatic carbocycles. The number of thiazole rings is 1. The van der Waals surface area contributed by atoms with Gasteiger partial charge in [0.15, 0.2) is 5.13 Å². The first kappa shape index (κ1) is 26.0. The van der Waals surface area contributed by atoms with Gasteiger partial charge in [-0.25, -0.2) is 14.5 Å². The minimum absolute atomic E-state index is 0. The maximum atomic E-state index is 12.8. The summed E-state index contributed by atoms with van der Waals surface area (Å²) in [7, 11) is 1.68. The molecule has 2 aromatic rings. The molecule has 2 aliphatic heterocycles. The van der Waals surface area contributed by atoms with Crippen molar-refractivity contribution in [3.63, 3.8) is 0 Å². The van der Waals surface area contributed by atoms with Gasteiger partial charge in [-0.15, -0.1) is 28.2 Å². The van der Waals surface area contributed by atoms with Crippen molar-refractivity contribution in [2.45, 2.75) is 16.6 Å². The molecule has 0 aliphatic carbocycles. The van der Waals surface area contributed by atoms with Crippen molar-refractivity contribution in [2.24, 2.45) is 7.05 Å². The fourth-order valence-electron chi connectivity index (χ4n) is 3.14. The summed E-state index contributed by atoms with van der Waals surface area (Å²) in [5.74, 6) is -1.63. The van der Waals surface area contributed by atoms with Crippen molar-refractivity contribution in [1.82, 2.24) is 35.4 Å². The fourth-order valence-corrected chi connectivity index (χ4v) is 6.25. The number of aryl methyl sites for hydroxylation is 1. The van der Waals surface area contributed by atoms with Gasteiger partial charge in [-0.1, -0.05) is 23.4 Å². The van der Waals surface area contributed by atoms with Crippen LogP contribution in [0.1, 0.15) is 5.69 Å². The van der Waals surface area contributed by atoms with Crippen LogP contribution in [0, 0.1) is 0 Å². The molecule has 2 atom stereocenters. The van der Waals surface area contributed by atoms with Crippen LogP contribution in [0.4, 0.5) is 5.13 Å². The van der Waals surface area contributed by atoms with E-state index in [1.165, 1.54) is 33.1 Å². The molecular weight excluding hydrogens is 523 g/mol. The Labute approximate surface area is 226 Å². The zero-order valence-corrected chi connectivity index (χ0v) is 19.5. The number of amides is 2. The van der Waals surface area contributed by atoms with E-state index < -0.39 is 29.2 Å². The van der Waals surface area contributed by atoms with E-state index in [0.29, 0.717) is 27.9 Å². The van der Waals surface area contributed by atoms with E-state index in [1.807, 2.05) is 0 Å². The Bertz CT molecular complexity index is 1170. The quantitative estimate of drug-likeness (QED) is 0.183. The molecule has 2 aliphatic rings. The number of hydrogen-bond donors (Lipinski definition) is 3. The Kier molecular flexibility index (Phi) is 8.47. The number of carbonyl (C=O) groups excluding carboxylic acids is 2. The van der Waals surface area contributed by atoms with Crippen molar-refractivity contribution in [2.75, 3.05) is 17.2 Å². The summed E-state index contributed by atoms with van der Waals surface area (Å²) in [6.45, 7) is 0. The van der Waals surface area contributed by atoms with Crippen LogP contribution >= 0.6 is 46.5 Å². The number of nitrogens with one attached hydrogen (secondary N) is 1. The molecule has 4 rings (SSSR count). The topological polar surface area (TPSA) is 169 Å². The van der Waals surface area contributed by atoms with Crippen LogP contribution in [0.25, 0.3) is 5.57 Å². The van der Waals surface area contributed by atoms with Crippen molar-refractivity contribution >= 4 is 105 Å². The zero-order chi connectivity index (χ0) is 23.0. The molecule has 33 heavy (non-hydrogen) atoms. The van der Waals surface area contributed by atoms with Gasteiger partial charge in [-0.2, -0.15) is 0 Å². The van der Waals surface area contributed by atoms with Crippen LogP contribution in [0.5, 0.6) is 0 Å². The van der Waals surface area contributed by atoms with E-state index in [-0.39, 0.29) is 46.0 Å². The number of halogens is 1. The van der Waals surface area contributed by atoms with Gasteiger partial charge in [0.25, 0.3) is 11.8 Å². The van der Waals surface area contributed by atoms with Gasteiger partial charge in [-0.05, 0) is 16.0 Å². The van der Waals surface area contributed by atoms with Crippen LogP contribution in [-0.2, 0) is 21.4 Å². The zero-order valence-electron chi connectivity index (χ0n) is 16.3. The molecule has 4 heterocycles. The van der Waals surface area contributed by atoms with Crippen LogP contribution in [0.3, 0.4) is 0 Å². The molecule has 1 fully saturated rings. The van der Waals surface area contributed by atoms with Gasteiger partial charge in [0.05, 0.1) is 11.3 Å². The van der Waals surface area contributed by atoms with Gasteiger partial charge in [0.2, 0.25) is 5.16 Å². The third kappa shape index (κ3) is 5.08. The number of carboxylic acid groups (broad SMARTS) is 1. The van der Waals surface area contributed by atoms with Crippen molar-refractivity contribution in [1.29, 1.82) is 0 Å². The Morgan fingerprint density at radius 3 is 2.82 bits per heavy atom. The molecule has 1 unspecified atom stereocenters. The number of thioether (sulfide) groups is 2. The van der Waals surface area contributed by atoms with Crippen molar-refractivity contribution < 1.29 is 19.5 Å². The van der Waals surface area contributed by atoms with Gasteiger partial charge < -0.3 is 16.2 Å². The molecule has 170 valence electrons. The van der Waals surface area contributed by atoms with Crippen LogP contribution in [-0.4, -0.2) is 105 Å².